The van der Waals surface area contributed by atoms with Gasteiger partial charge in [0, 0.05) is 19.4 Å². The molecule has 1 aromatic heterocycles. The largest absolute Gasteiger partial charge is 0.324 e. The van der Waals surface area contributed by atoms with Crippen LogP contribution in [0.5, 0.6) is 0 Å². The van der Waals surface area contributed by atoms with Crippen molar-refractivity contribution in [2.75, 3.05) is 0 Å². The van der Waals surface area contributed by atoms with Crippen molar-refractivity contribution in [2.24, 2.45) is 5.73 Å². The van der Waals surface area contributed by atoms with E-state index in [0.29, 0.717) is 0 Å². The van der Waals surface area contributed by atoms with Crippen LogP contribution in [0, 0.1) is 6.92 Å². The molecule has 1 rings (SSSR count). The summed E-state index contributed by atoms with van der Waals surface area (Å²) in [7, 11) is 0. The number of hydrogen-bond donors (Lipinski definition) is 1. The Morgan fingerprint density at radius 3 is 2.46 bits per heavy atom. The second-order valence-corrected chi connectivity index (χ2v) is 2.75. The van der Waals surface area contributed by atoms with E-state index in [-0.39, 0.29) is 7.47 Å². The molecule has 0 spiro atoms. The number of nitrogens with zero attached hydrogens (tertiary/aromatic N) is 1. The summed E-state index contributed by atoms with van der Waals surface area (Å²) in [6.07, 6.45) is 2.81. The zero-order chi connectivity index (χ0) is 10.3. The summed E-state index contributed by atoms with van der Waals surface area (Å²) in [6, 6.07) is 4.17. The van der Waals surface area contributed by atoms with E-state index < -0.39 is 0 Å². The quantitative estimate of drug-likeness (QED) is 0.763. The number of rotatable bonds is 2. The molecule has 0 aliphatic carbocycles. The minimum Gasteiger partial charge on any atom is -0.324 e. The molecule has 0 amide bonds. The average Bonchev–Trinajstić information content (AvgIpc) is 2.21. The topological polar surface area (TPSA) is 38.9 Å². The standard InChI is InChI=1S/C9H14N2.C2H6.H2/c1-3-9(10)8-5-4-7(2)11-6-8;1-2;/h4-6,9H,3,10H2,1-2H3;1-2H3;1H/t9-;;/m0../s1. The predicted octanol–water partition coefficient (Wildman–Crippen LogP) is 3.07. The first-order valence-electron chi connectivity index (χ1n) is 4.92. The molecule has 0 unspecified atom stereocenters. The molecule has 0 aliphatic rings. The van der Waals surface area contributed by atoms with Gasteiger partial charge in [0.25, 0.3) is 0 Å². The summed E-state index contributed by atoms with van der Waals surface area (Å²) in [5.74, 6) is 0. The Balaban J connectivity index is 0. The van der Waals surface area contributed by atoms with E-state index in [9.17, 15) is 0 Å². The molecular formula is C11H22N2. The Hall–Kier alpha value is -0.890. The molecule has 1 atom stereocenters. The van der Waals surface area contributed by atoms with Crippen LogP contribution < -0.4 is 5.73 Å². The van der Waals surface area contributed by atoms with Crippen LogP contribution in [0.25, 0.3) is 0 Å². The highest BCUT2D eigenvalue weighted by atomic mass is 14.7. The Kier molecular flexibility index (Phi) is 6.15. The van der Waals surface area contributed by atoms with Gasteiger partial charge in [-0.15, -0.1) is 0 Å². The van der Waals surface area contributed by atoms with Gasteiger partial charge in [-0.2, -0.15) is 0 Å². The van der Waals surface area contributed by atoms with Crippen molar-refractivity contribution in [3.63, 3.8) is 0 Å². The Morgan fingerprint density at radius 2 is 2.08 bits per heavy atom. The minimum absolute atomic E-state index is 0. The molecule has 0 aliphatic heterocycles. The SMILES string of the molecule is CC.CC[C@H](N)c1ccc(C)nc1.[HH]. The van der Waals surface area contributed by atoms with Gasteiger partial charge in [0.1, 0.15) is 0 Å². The lowest BCUT2D eigenvalue weighted by molar-refractivity contribution is 0.694. The molecule has 1 heterocycles. The van der Waals surface area contributed by atoms with Crippen molar-refractivity contribution in [3.8, 4) is 0 Å². The molecular weight excluding hydrogens is 160 g/mol. The third-order valence-electron chi connectivity index (χ3n) is 1.80. The van der Waals surface area contributed by atoms with Crippen LogP contribution >= 0.6 is 0 Å². The van der Waals surface area contributed by atoms with E-state index in [4.69, 9.17) is 5.73 Å². The second-order valence-electron chi connectivity index (χ2n) is 2.75. The molecule has 0 bridgehead atoms. The first kappa shape index (κ1) is 12.1. The Bertz CT molecular complexity index is 221. The summed E-state index contributed by atoms with van der Waals surface area (Å²) >= 11 is 0. The van der Waals surface area contributed by atoms with Gasteiger partial charge in [-0.3, -0.25) is 4.98 Å². The van der Waals surface area contributed by atoms with Crippen molar-refractivity contribution in [2.45, 2.75) is 40.2 Å². The summed E-state index contributed by atoms with van der Waals surface area (Å²) in [4.78, 5) is 4.17. The second kappa shape index (κ2) is 6.61. The fourth-order valence-electron chi connectivity index (χ4n) is 0.934. The van der Waals surface area contributed by atoms with Crippen LogP contribution in [-0.2, 0) is 0 Å². The van der Waals surface area contributed by atoms with Gasteiger partial charge in [0.05, 0.1) is 0 Å². The maximum Gasteiger partial charge on any atom is 0.0372 e. The van der Waals surface area contributed by atoms with Gasteiger partial charge in [0.15, 0.2) is 0 Å². The highest BCUT2D eigenvalue weighted by Crippen LogP contribution is 2.11. The summed E-state index contributed by atoms with van der Waals surface area (Å²) < 4.78 is 0. The van der Waals surface area contributed by atoms with E-state index in [2.05, 4.69) is 11.9 Å². The number of hydrogen-bond acceptors (Lipinski definition) is 2. The maximum atomic E-state index is 5.80. The van der Waals surface area contributed by atoms with E-state index in [1.807, 2.05) is 39.1 Å². The lowest BCUT2D eigenvalue weighted by atomic mass is 10.1. The van der Waals surface area contributed by atoms with Gasteiger partial charge in [-0.05, 0) is 25.0 Å². The molecule has 2 nitrogen and oxygen atoms in total. The normalized spacial score (nSPS) is 11.5. The summed E-state index contributed by atoms with van der Waals surface area (Å²) in [5.41, 5.74) is 7.97. The van der Waals surface area contributed by atoms with E-state index in [1.54, 1.807) is 0 Å². The van der Waals surface area contributed by atoms with Crippen molar-refractivity contribution in [3.05, 3.63) is 29.6 Å². The summed E-state index contributed by atoms with van der Waals surface area (Å²) in [5, 5.41) is 0. The lowest BCUT2D eigenvalue weighted by Crippen LogP contribution is -2.08. The number of aryl methyl sites for hydroxylation is 1. The molecule has 0 saturated heterocycles. The number of pyridine rings is 1. The van der Waals surface area contributed by atoms with Crippen LogP contribution in [0.1, 0.15) is 45.9 Å². The lowest BCUT2D eigenvalue weighted by Gasteiger charge is -2.07. The van der Waals surface area contributed by atoms with Crippen LogP contribution in [0.4, 0.5) is 0 Å². The minimum atomic E-state index is 0. The van der Waals surface area contributed by atoms with Crippen LogP contribution in [0.3, 0.4) is 0 Å². The zero-order valence-corrected chi connectivity index (χ0v) is 9.04. The maximum absolute atomic E-state index is 5.80. The van der Waals surface area contributed by atoms with E-state index in [0.717, 1.165) is 17.7 Å². The molecule has 0 fully saturated rings. The molecule has 0 saturated carbocycles. The van der Waals surface area contributed by atoms with Gasteiger partial charge in [-0.1, -0.05) is 26.8 Å². The zero-order valence-electron chi connectivity index (χ0n) is 9.04. The van der Waals surface area contributed by atoms with E-state index in [1.165, 1.54) is 0 Å². The molecule has 0 aromatic carbocycles. The smallest absolute Gasteiger partial charge is 0.0372 e. The molecule has 13 heavy (non-hydrogen) atoms. The fourth-order valence-corrected chi connectivity index (χ4v) is 0.934. The number of nitrogens with two attached hydrogens (primary N) is 1. The van der Waals surface area contributed by atoms with E-state index >= 15 is 0 Å². The summed E-state index contributed by atoms with van der Waals surface area (Å²) in [6.45, 7) is 8.05. The third-order valence-corrected chi connectivity index (χ3v) is 1.80. The van der Waals surface area contributed by atoms with Crippen molar-refractivity contribution >= 4 is 0 Å². The van der Waals surface area contributed by atoms with Crippen LogP contribution in [0.15, 0.2) is 18.3 Å². The van der Waals surface area contributed by atoms with Crippen molar-refractivity contribution in [1.29, 1.82) is 0 Å². The third kappa shape index (κ3) is 4.04. The fraction of sp³-hybridized carbons (Fsp3) is 0.545. The average molecular weight is 182 g/mol. The Morgan fingerprint density at radius 1 is 1.46 bits per heavy atom. The molecule has 1 aromatic rings. The van der Waals surface area contributed by atoms with Crippen LogP contribution in [0.2, 0.25) is 0 Å². The van der Waals surface area contributed by atoms with Gasteiger partial charge >= 0.3 is 0 Å². The van der Waals surface area contributed by atoms with Crippen LogP contribution in [-0.4, -0.2) is 4.98 Å². The molecule has 0 radical (unpaired) electrons. The van der Waals surface area contributed by atoms with Gasteiger partial charge in [0.2, 0.25) is 0 Å². The molecule has 2 N–H and O–H groups in total. The Labute approximate surface area is 82.7 Å². The molecule has 2 heteroatoms. The van der Waals surface area contributed by atoms with Gasteiger partial charge < -0.3 is 5.73 Å². The molecule has 76 valence electrons. The highest BCUT2D eigenvalue weighted by molar-refractivity contribution is 5.16. The van der Waals surface area contributed by atoms with Gasteiger partial charge in [-0.25, -0.2) is 0 Å². The predicted molar refractivity (Wildman–Crippen MR) is 59.7 cm³/mol. The highest BCUT2D eigenvalue weighted by Gasteiger charge is 2.01. The number of aromatic nitrogens is 1. The van der Waals surface area contributed by atoms with Crippen molar-refractivity contribution < 1.29 is 1.43 Å². The first-order valence-corrected chi connectivity index (χ1v) is 4.92. The first-order chi connectivity index (χ1) is 6.24. The van der Waals surface area contributed by atoms with Crippen molar-refractivity contribution in [1.82, 2.24) is 4.98 Å². The monoisotopic (exact) mass is 182 g/mol.